The molecule has 3 aliphatic heterocycles. The predicted molar refractivity (Wildman–Crippen MR) is 164 cm³/mol. The molecule has 3 amide bonds. The number of aromatic hydroxyl groups is 1. The van der Waals surface area contributed by atoms with E-state index in [9.17, 15) is 34.6 Å². The maximum absolute atomic E-state index is 13.4. The first kappa shape index (κ1) is 30.8. The molecule has 16 heteroatoms. The third-order valence-corrected chi connectivity index (χ3v) is 9.75. The number of fused-ring (bicyclic) bond motifs is 1. The first-order valence-electron chi connectivity index (χ1n) is 14.0. The third-order valence-electron chi connectivity index (χ3n) is 7.77. The molecule has 2 fully saturated rings. The molecule has 0 saturated carbocycles. The molecular weight excluding hydrogens is 635 g/mol. The first-order valence-corrected chi connectivity index (χ1v) is 16.0. The number of hydrogen-bond donors (Lipinski definition) is 4. The third kappa shape index (κ3) is 5.91. The van der Waals surface area contributed by atoms with Crippen LogP contribution in [0.25, 0.3) is 0 Å². The lowest BCUT2D eigenvalue weighted by molar-refractivity contribution is -0.696. The second-order valence-corrected chi connectivity index (χ2v) is 12.7. The van der Waals surface area contributed by atoms with Gasteiger partial charge in [0.25, 0.3) is 11.8 Å². The number of pyridine rings is 1. The van der Waals surface area contributed by atoms with E-state index >= 15 is 0 Å². The van der Waals surface area contributed by atoms with Gasteiger partial charge in [0.1, 0.15) is 29.4 Å². The molecule has 236 valence electrons. The number of nitrogens with zero attached hydrogens (tertiary/aromatic N) is 5. The van der Waals surface area contributed by atoms with Crippen LogP contribution in [-0.4, -0.2) is 78.2 Å². The second kappa shape index (κ2) is 12.6. The van der Waals surface area contributed by atoms with Crippen molar-refractivity contribution in [2.45, 2.75) is 30.9 Å². The lowest BCUT2D eigenvalue weighted by Gasteiger charge is -2.50. The van der Waals surface area contributed by atoms with Crippen LogP contribution in [-0.2, 0) is 32.3 Å². The predicted octanol–water partition coefficient (Wildman–Crippen LogP) is -0.292. The van der Waals surface area contributed by atoms with Gasteiger partial charge in [-0.15, -0.1) is 23.1 Å². The number of carboxylic acid groups (broad SMARTS) is 1. The van der Waals surface area contributed by atoms with Crippen molar-refractivity contribution in [3.8, 4) is 5.75 Å². The smallest absolute Gasteiger partial charge is 0.276 e. The van der Waals surface area contributed by atoms with Crippen LogP contribution in [0, 0.1) is 0 Å². The molecule has 0 spiro atoms. The number of thiazole rings is 1. The van der Waals surface area contributed by atoms with Crippen LogP contribution < -0.4 is 20.7 Å². The van der Waals surface area contributed by atoms with Crippen molar-refractivity contribution < 1.29 is 39.2 Å². The van der Waals surface area contributed by atoms with Gasteiger partial charge in [0.15, 0.2) is 23.6 Å². The van der Waals surface area contributed by atoms with Crippen molar-refractivity contribution in [1.29, 1.82) is 0 Å². The molecule has 6 rings (SSSR count). The van der Waals surface area contributed by atoms with E-state index in [1.807, 2.05) is 35.0 Å². The summed E-state index contributed by atoms with van der Waals surface area (Å²) in [5.74, 6) is -3.07. The monoisotopic (exact) mass is 661 g/mol. The van der Waals surface area contributed by atoms with Crippen molar-refractivity contribution in [3.05, 3.63) is 93.9 Å². The molecule has 0 unspecified atom stereocenters. The fourth-order valence-electron chi connectivity index (χ4n) is 5.58. The summed E-state index contributed by atoms with van der Waals surface area (Å²) in [6, 6.07) is 11.5. The Bertz CT molecular complexity index is 1850. The molecule has 46 heavy (non-hydrogen) atoms. The Morgan fingerprint density at radius 1 is 1.24 bits per heavy atom. The summed E-state index contributed by atoms with van der Waals surface area (Å²) >= 11 is 2.26. The number of carboxylic acids is 1. The van der Waals surface area contributed by atoms with Crippen LogP contribution in [0.4, 0.5) is 5.13 Å². The van der Waals surface area contributed by atoms with E-state index in [-0.39, 0.29) is 39.5 Å². The van der Waals surface area contributed by atoms with Crippen molar-refractivity contribution in [3.63, 3.8) is 0 Å². The van der Waals surface area contributed by atoms with Crippen LogP contribution >= 0.6 is 23.1 Å². The van der Waals surface area contributed by atoms with Gasteiger partial charge in [0, 0.05) is 40.9 Å². The fourth-order valence-corrected chi connectivity index (χ4v) is 7.43. The highest BCUT2D eigenvalue weighted by atomic mass is 32.2. The maximum atomic E-state index is 13.4. The molecule has 5 N–H and O–H groups in total. The van der Waals surface area contributed by atoms with E-state index < -0.39 is 34.9 Å². The number of oxime groups is 1. The van der Waals surface area contributed by atoms with Crippen LogP contribution in [0.3, 0.4) is 0 Å². The fraction of sp³-hybridized carbons (Fsp3) is 0.233. The average molecular weight is 662 g/mol. The number of rotatable bonds is 9. The van der Waals surface area contributed by atoms with Crippen molar-refractivity contribution in [2.24, 2.45) is 5.16 Å². The maximum Gasteiger partial charge on any atom is 0.276 e. The number of allylic oxidation sites excluding steroid dienone is 1. The van der Waals surface area contributed by atoms with Gasteiger partial charge in [-0.1, -0.05) is 23.4 Å². The van der Waals surface area contributed by atoms with E-state index in [0.29, 0.717) is 31.6 Å². The van der Waals surface area contributed by atoms with Crippen LogP contribution in [0.15, 0.2) is 82.1 Å². The zero-order valence-electron chi connectivity index (χ0n) is 24.0. The van der Waals surface area contributed by atoms with Crippen LogP contribution in [0.2, 0.25) is 0 Å². The van der Waals surface area contributed by atoms with E-state index in [2.05, 4.69) is 15.5 Å². The number of amides is 3. The molecule has 1 aromatic carbocycles. The summed E-state index contributed by atoms with van der Waals surface area (Å²) in [6.07, 6.45) is 3.80. The Balaban J connectivity index is 1.16. The summed E-state index contributed by atoms with van der Waals surface area (Å²) in [6.45, 7) is 1.23. The number of anilines is 1. The summed E-state index contributed by atoms with van der Waals surface area (Å²) in [4.78, 5) is 58.2. The highest BCUT2D eigenvalue weighted by Crippen LogP contribution is 2.41. The highest BCUT2D eigenvalue weighted by Gasteiger charge is 2.53. The Morgan fingerprint density at radius 3 is 2.78 bits per heavy atom. The second-order valence-electron chi connectivity index (χ2n) is 10.7. The molecule has 0 bridgehead atoms. The molecule has 0 aliphatic carbocycles. The zero-order chi connectivity index (χ0) is 32.5. The van der Waals surface area contributed by atoms with Gasteiger partial charge >= 0.3 is 0 Å². The number of carbonyl (C=O) groups is 4. The Hall–Kier alpha value is -5.22. The number of phenolic OH excluding ortho intramolecular Hbond substituents is 1. The molecule has 14 nitrogen and oxygen atoms in total. The van der Waals surface area contributed by atoms with Gasteiger partial charge in [-0.3, -0.25) is 19.3 Å². The Labute approximate surface area is 270 Å². The quantitative estimate of drug-likeness (QED) is 0.0589. The summed E-state index contributed by atoms with van der Waals surface area (Å²) in [5.41, 5.74) is 7.27. The zero-order valence-corrected chi connectivity index (χ0v) is 25.7. The van der Waals surface area contributed by atoms with E-state index in [4.69, 9.17) is 5.73 Å². The number of aromatic nitrogens is 2. The van der Waals surface area contributed by atoms with Gasteiger partial charge in [-0.05, 0) is 30.2 Å². The number of thioether (sulfide) groups is 1. The molecule has 3 aliphatic rings. The molecule has 2 aromatic heterocycles. The highest BCUT2D eigenvalue weighted by molar-refractivity contribution is 8.00. The molecule has 2 atom stereocenters. The topological polar surface area (TPSA) is 205 Å². The molecule has 3 aromatic rings. The summed E-state index contributed by atoms with van der Waals surface area (Å²) in [5, 5.41) is 37.8. The number of β-lactam (4-membered cyclic amide) rings is 1. The molecular formula is C30H27N7O7S2. The lowest BCUT2D eigenvalue weighted by atomic mass is 10.0. The normalized spacial score (nSPS) is 20.6. The minimum atomic E-state index is -1.58. The number of benzene rings is 1. The van der Waals surface area contributed by atoms with E-state index in [1.165, 1.54) is 23.2 Å². The van der Waals surface area contributed by atoms with Crippen LogP contribution in [0.5, 0.6) is 5.75 Å². The Kier molecular flexibility index (Phi) is 8.46. The number of phenols is 1. The number of nitrogen functional groups attached to an aromatic ring is 1. The SMILES string of the molecule is Nc1nc(/C(=N/O)C(=O)N[C@@H]2C(=O)N3C(C(=O)[O-])=C(/C=C4\CCN(Cc5cccc[n+]5Cc5cccc(O)c5)C4=O)CS[C@H]23)cs1. The number of carbonyl (C=O) groups excluding carboxylic acids is 4. The molecule has 5 heterocycles. The Morgan fingerprint density at radius 2 is 2.07 bits per heavy atom. The number of nitrogens with one attached hydrogen (secondary N) is 1. The van der Waals surface area contributed by atoms with Crippen molar-refractivity contribution >= 4 is 57.6 Å². The van der Waals surface area contributed by atoms with E-state index in [0.717, 1.165) is 27.5 Å². The van der Waals surface area contributed by atoms with Crippen molar-refractivity contribution in [1.82, 2.24) is 20.1 Å². The molecule has 0 radical (unpaired) electrons. The molecule has 2 saturated heterocycles. The number of nitrogens with two attached hydrogens (primary N) is 1. The van der Waals surface area contributed by atoms with Gasteiger partial charge in [0.05, 0.1) is 11.7 Å². The van der Waals surface area contributed by atoms with Gasteiger partial charge in [-0.2, -0.15) is 4.57 Å². The average Bonchev–Trinajstić information content (AvgIpc) is 3.61. The largest absolute Gasteiger partial charge is 0.543 e. The number of hydrogen-bond acceptors (Lipinski definition) is 12. The van der Waals surface area contributed by atoms with Gasteiger partial charge in [-0.25, -0.2) is 4.98 Å². The minimum Gasteiger partial charge on any atom is -0.543 e. The summed E-state index contributed by atoms with van der Waals surface area (Å²) < 4.78 is 1.99. The standard InChI is InChI=1S/C30H27N7O7S2/c31-30-32-21(15-46-30)22(34-44)25(39)33-23-27(41)37-24(29(42)43)18(14-45-28(23)37)11-17-7-9-36(26(17)40)13-19-5-1-2-8-35(19)12-16-4-3-6-20(38)10-16/h1-6,8,10-11,15,23,28H,7,9,12-14H2,(H5-,31,32,33,38,39,42,43,44)/b17-11+/t23-,28-/m1/s1. The minimum absolute atomic E-state index is 0.0282. The summed E-state index contributed by atoms with van der Waals surface area (Å²) in [7, 11) is 0. The lowest BCUT2D eigenvalue weighted by Crippen LogP contribution is -2.71. The number of likely N-dealkylation sites (tertiary alicyclic amines) is 1. The van der Waals surface area contributed by atoms with Gasteiger partial charge in [0.2, 0.25) is 11.6 Å². The number of aliphatic carboxylic acids is 1. The first-order chi connectivity index (χ1) is 22.1. The van der Waals surface area contributed by atoms with Crippen molar-refractivity contribution in [2.75, 3.05) is 18.0 Å². The van der Waals surface area contributed by atoms with Crippen LogP contribution in [0.1, 0.15) is 23.4 Å². The van der Waals surface area contributed by atoms with E-state index in [1.54, 1.807) is 23.1 Å². The van der Waals surface area contributed by atoms with Gasteiger partial charge < -0.3 is 36.2 Å².